The minimum atomic E-state index is -1.48. The van der Waals surface area contributed by atoms with Crippen molar-refractivity contribution in [2.24, 2.45) is 12.2 Å². The molecule has 0 bridgehead atoms. The molecule has 39 heavy (non-hydrogen) atoms. The number of nitrogens with two attached hydrogens (primary N) is 2. The first kappa shape index (κ1) is 26.7. The Kier molecular flexibility index (Phi) is 7.32. The number of hydrogen-bond donors (Lipinski definition) is 3. The SMILES string of the molecule is CCO/N=C(\C(=O)NC1C(=O)N2C(C(=O)[O-])=C(CSc3nc(N)cc4n(C)cn[n+]34)CS[C@@H]12)c1csc(N)n1. The molecule has 0 spiro atoms. The number of nitrogens with zero attached hydrogens (tertiary/aromatic N) is 7. The molecule has 0 aromatic carbocycles. The molecule has 0 saturated carbocycles. The maximum absolute atomic E-state index is 13.1. The predicted octanol–water partition coefficient (Wildman–Crippen LogP) is -1.89. The van der Waals surface area contributed by atoms with E-state index in [2.05, 4.69) is 25.5 Å². The smallest absolute Gasteiger partial charge is 0.325 e. The Labute approximate surface area is 233 Å². The zero-order valence-electron chi connectivity index (χ0n) is 20.6. The molecule has 204 valence electrons. The number of nitrogens with one attached hydrogen (secondary N) is 1. The average molecular weight is 591 g/mol. The number of carbonyl (C=O) groups is 3. The summed E-state index contributed by atoms with van der Waals surface area (Å²) in [5, 5.41) is 24.5. The summed E-state index contributed by atoms with van der Waals surface area (Å²) in [6, 6.07) is 0.693. The monoisotopic (exact) mass is 590 g/mol. The van der Waals surface area contributed by atoms with Gasteiger partial charge in [-0.25, -0.2) is 9.55 Å². The molecule has 1 fully saturated rings. The number of thiazole rings is 1. The summed E-state index contributed by atoms with van der Waals surface area (Å²) < 4.78 is 3.37. The molecule has 5 heterocycles. The quantitative estimate of drug-likeness (QED) is 0.0624. The van der Waals surface area contributed by atoms with Crippen LogP contribution in [0.5, 0.6) is 0 Å². The van der Waals surface area contributed by atoms with Gasteiger partial charge in [0.1, 0.15) is 23.7 Å². The number of thioether (sulfide) groups is 2. The van der Waals surface area contributed by atoms with E-state index in [9.17, 15) is 19.5 Å². The van der Waals surface area contributed by atoms with Gasteiger partial charge in [-0.2, -0.15) is 0 Å². The van der Waals surface area contributed by atoms with Gasteiger partial charge < -0.3 is 31.5 Å². The molecule has 0 aliphatic carbocycles. The first-order valence-electron chi connectivity index (χ1n) is 11.4. The third kappa shape index (κ3) is 4.97. The summed E-state index contributed by atoms with van der Waals surface area (Å²) in [6.45, 7) is 1.91. The number of hydrogen-bond acceptors (Lipinski definition) is 14. The number of amides is 2. The zero-order valence-corrected chi connectivity index (χ0v) is 23.0. The minimum absolute atomic E-state index is 0.141. The van der Waals surface area contributed by atoms with Crippen LogP contribution in [0.25, 0.3) is 5.65 Å². The molecule has 3 aromatic rings. The number of anilines is 2. The fourth-order valence-electron chi connectivity index (χ4n) is 4.00. The third-order valence-corrected chi connectivity index (χ3v) is 8.80. The van der Waals surface area contributed by atoms with Crippen LogP contribution in [0.2, 0.25) is 0 Å². The van der Waals surface area contributed by atoms with Crippen LogP contribution in [-0.4, -0.2) is 77.6 Å². The molecular weight excluding hydrogens is 568 g/mol. The van der Waals surface area contributed by atoms with Gasteiger partial charge in [-0.3, -0.25) is 14.5 Å². The lowest BCUT2D eigenvalue weighted by molar-refractivity contribution is -0.622. The highest BCUT2D eigenvalue weighted by atomic mass is 32.2. The number of carboxylic acids is 1. The minimum Gasteiger partial charge on any atom is -0.543 e. The summed E-state index contributed by atoms with van der Waals surface area (Å²) >= 11 is 3.68. The molecular formula is C21H22N10O5S3. The van der Waals surface area contributed by atoms with Crippen molar-refractivity contribution in [1.82, 2.24) is 29.9 Å². The average Bonchev–Trinajstić information content (AvgIpc) is 3.50. The molecule has 2 aliphatic rings. The van der Waals surface area contributed by atoms with E-state index in [-0.39, 0.29) is 46.2 Å². The Morgan fingerprint density at radius 3 is 2.87 bits per heavy atom. The van der Waals surface area contributed by atoms with Gasteiger partial charge >= 0.3 is 5.16 Å². The summed E-state index contributed by atoms with van der Waals surface area (Å²) in [7, 11) is 1.81. The maximum atomic E-state index is 13.1. The second kappa shape index (κ2) is 10.7. The van der Waals surface area contributed by atoms with Crippen LogP contribution in [0.1, 0.15) is 12.6 Å². The standard InChI is InChI=1S/C21H22N10O5S3/c1-3-36-28-13(10-7-38-20(23)25-10)16(32)27-14-17(33)30-15(19(34)35)9(5-37-18(14)30)6-39-21-26-11(22)4-12-29(2)8-24-31(12)21/h4,7-8,14,18,22H,3,5-6H2,1-2H3,(H4,23,25,27,32,34,35)/b28-13-/t14?,18-/m0/s1. The van der Waals surface area contributed by atoms with E-state index in [1.807, 2.05) is 7.05 Å². The topological polar surface area (TPSA) is 211 Å². The van der Waals surface area contributed by atoms with Crippen molar-refractivity contribution in [1.29, 1.82) is 0 Å². The van der Waals surface area contributed by atoms with E-state index in [1.165, 1.54) is 23.5 Å². The number of aryl methyl sites for hydroxylation is 1. The van der Waals surface area contributed by atoms with Gasteiger partial charge in [-0.1, -0.05) is 19.8 Å². The van der Waals surface area contributed by atoms with Gasteiger partial charge in [0.05, 0.1) is 24.8 Å². The van der Waals surface area contributed by atoms with Gasteiger partial charge in [0.25, 0.3) is 17.5 Å². The van der Waals surface area contributed by atoms with Crippen LogP contribution in [0, 0.1) is 0 Å². The lowest BCUT2D eigenvalue weighted by Gasteiger charge is -2.50. The van der Waals surface area contributed by atoms with Gasteiger partial charge in [0.2, 0.25) is 5.82 Å². The van der Waals surface area contributed by atoms with Gasteiger partial charge in [0, 0.05) is 16.9 Å². The molecule has 1 saturated heterocycles. The van der Waals surface area contributed by atoms with Crippen LogP contribution in [0.15, 0.2) is 39.4 Å². The highest BCUT2D eigenvalue weighted by molar-refractivity contribution is 8.01. The lowest BCUT2D eigenvalue weighted by Crippen LogP contribution is -2.71. The highest BCUT2D eigenvalue weighted by Crippen LogP contribution is 2.41. The molecule has 1 unspecified atom stereocenters. The van der Waals surface area contributed by atoms with Crippen molar-refractivity contribution in [3.63, 3.8) is 0 Å². The Balaban J connectivity index is 1.34. The number of carbonyl (C=O) groups excluding carboxylic acids is 3. The Morgan fingerprint density at radius 2 is 2.18 bits per heavy atom. The normalized spacial score (nSPS) is 19.2. The van der Waals surface area contributed by atoms with Crippen molar-refractivity contribution in [3.8, 4) is 0 Å². The molecule has 5 N–H and O–H groups in total. The second-order valence-electron chi connectivity index (χ2n) is 8.29. The first-order chi connectivity index (χ1) is 18.7. The fraction of sp³-hybridized carbons (Fsp3) is 0.333. The zero-order chi connectivity index (χ0) is 27.8. The molecule has 3 aromatic heterocycles. The van der Waals surface area contributed by atoms with Crippen LogP contribution >= 0.6 is 34.9 Å². The molecule has 2 atom stereocenters. The van der Waals surface area contributed by atoms with E-state index >= 15 is 0 Å². The second-order valence-corrected chi connectivity index (χ2v) is 11.2. The van der Waals surface area contributed by atoms with Crippen LogP contribution in [0.4, 0.5) is 10.9 Å². The molecule has 18 heteroatoms. The van der Waals surface area contributed by atoms with Crippen molar-refractivity contribution in [2.75, 3.05) is 29.6 Å². The van der Waals surface area contributed by atoms with Gasteiger partial charge in [-0.05, 0) is 24.3 Å². The number of β-lactam (4-membered cyclic amide) rings is 1. The van der Waals surface area contributed by atoms with Gasteiger partial charge in [-0.15, -0.1) is 23.1 Å². The Hall–Kier alpha value is -3.90. The number of aromatic nitrogens is 5. The summed E-state index contributed by atoms with van der Waals surface area (Å²) in [5.74, 6) is -1.98. The lowest BCUT2D eigenvalue weighted by atomic mass is 10.0. The first-order valence-corrected chi connectivity index (χ1v) is 14.3. The number of fused-ring (bicyclic) bond motifs is 2. The number of rotatable bonds is 9. The largest absolute Gasteiger partial charge is 0.543 e. The summed E-state index contributed by atoms with van der Waals surface area (Å²) in [6.07, 6.45) is 1.61. The number of carboxylic acid groups (broad SMARTS) is 1. The highest BCUT2D eigenvalue weighted by Gasteiger charge is 2.53. The van der Waals surface area contributed by atoms with Crippen LogP contribution < -0.4 is 26.4 Å². The molecule has 2 aliphatic heterocycles. The maximum Gasteiger partial charge on any atom is 0.325 e. The van der Waals surface area contributed by atoms with E-state index in [4.69, 9.17) is 16.3 Å². The van der Waals surface area contributed by atoms with Crippen LogP contribution in [0.3, 0.4) is 0 Å². The van der Waals surface area contributed by atoms with E-state index < -0.39 is 29.2 Å². The number of nitrogen functional groups attached to an aromatic ring is 2. The molecule has 2 amide bonds. The molecule has 15 nitrogen and oxygen atoms in total. The van der Waals surface area contributed by atoms with E-state index in [0.717, 1.165) is 16.2 Å². The van der Waals surface area contributed by atoms with E-state index in [1.54, 1.807) is 33.8 Å². The summed E-state index contributed by atoms with van der Waals surface area (Å²) in [5.41, 5.74) is 12.6. The Bertz CT molecular complexity index is 1550. The van der Waals surface area contributed by atoms with Crippen molar-refractivity contribution >= 4 is 75.0 Å². The van der Waals surface area contributed by atoms with Crippen molar-refractivity contribution < 1.29 is 28.8 Å². The van der Waals surface area contributed by atoms with Crippen molar-refractivity contribution in [2.45, 2.75) is 23.5 Å². The summed E-state index contributed by atoms with van der Waals surface area (Å²) in [4.78, 5) is 52.8. The Morgan fingerprint density at radius 1 is 1.38 bits per heavy atom. The van der Waals surface area contributed by atoms with E-state index in [0.29, 0.717) is 16.4 Å². The number of oxime groups is 1. The van der Waals surface area contributed by atoms with Gasteiger partial charge in [0.15, 0.2) is 17.2 Å². The predicted molar refractivity (Wildman–Crippen MR) is 141 cm³/mol. The third-order valence-electron chi connectivity index (χ3n) is 5.77. The molecule has 5 rings (SSSR count). The number of aliphatic carboxylic acids is 1. The fourth-order valence-corrected chi connectivity index (χ4v) is 6.99. The molecule has 0 radical (unpaired) electrons. The van der Waals surface area contributed by atoms with Crippen molar-refractivity contribution in [3.05, 3.63) is 34.7 Å². The van der Waals surface area contributed by atoms with Crippen LogP contribution in [-0.2, 0) is 26.3 Å².